The van der Waals surface area contributed by atoms with E-state index in [1.807, 2.05) is 12.1 Å². The van der Waals surface area contributed by atoms with Crippen molar-refractivity contribution in [3.8, 4) is 5.75 Å². The number of nitrogens with two attached hydrogens (primary N) is 1. The number of benzene rings is 2. The Morgan fingerprint density at radius 2 is 2.00 bits per heavy atom. The molecule has 1 atom stereocenters. The molecule has 7 nitrogen and oxygen atoms in total. The highest BCUT2D eigenvalue weighted by atomic mass is 35.5. The lowest BCUT2D eigenvalue weighted by Gasteiger charge is -2.29. The van der Waals surface area contributed by atoms with Crippen LogP contribution in [0, 0.1) is 0 Å². The number of nitrogens with zero attached hydrogens (tertiary/aromatic N) is 3. The molecule has 0 aromatic heterocycles. The van der Waals surface area contributed by atoms with E-state index in [1.54, 1.807) is 46.2 Å². The summed E-state index contributed by atoms with van der Waals surface area (Å²) in [7, 11) is 0. The van der Waals surface area contributed by atoms with Gasteiger partial charge < -0.3 is 10.5 Å². The molecule has 0 radical (unpaired) electrons. The van der Waals surface area contributed by atoms with Gasteiger partial charge in [-0.1, -0.05) is 43.8 Å². The van der Waals surface area contributed by atoms with Gasteiger partial charge in [0.25, 0.3) is 0 Å². The maximum Gasteiger partial charge on any atom is 0.329 e. The van der Waals surface area contributed by atoms with Gasteiger partial charge in [0, 0.05) is 36.3 Å². The number of urea groups is 2. The number of anilines is 2. The van der Waals surface area contributed by atoms with Crippen molar-refractivity contribution < 1.29 is 14.3 Å². The first-order valence-electron chi connectivity index (χ1n) is 9.79. The average Bonchev–Trinajstić information content (AvgIpc) is 3.12. The fraction of sp³-hybridized carbons (Fsp3) is 0.333. The summed E-state index contributed by atoms with van der Waals surface area (Å²) in [6.07, 6.45) is 2.16. The third-order valence-electron chi connectivity index (χ3n) is 4.87. The first kappa shape index (κ1) is 22.1. The minimum atomic E-state index is -0.689. The van der Waals surface area contributed by atoms with E-state index < -0.39 is 12.3 Å². The number of halogens is 1. The fourth-order valence-electron chi connectivity index (χ4n) is 3.31. The lowest BCUT2D eigenvalue weighted by Crippen LogP contribution is -2.42. The lowest BCUT2D eigenvalue weighted by molar-refractivity contribution is 0.0579. The molecule has 1 aliphatic rings. The molecular formula is C21H25ClN4O3S. The number of rotatable bonds is 8. The molecule has 2 aromatic carbocycles. The highest BCUT2D eigenvalue weighted by molar-refractivity contribution is 7.82. The Bertz CT molecular complexity index is 896. The van der Waals surface area contributed by atoms with E-state index in [1.165, 1.54) is 0 Å². The monoisotopic (exact) mass is 448 g/mol. The Morgan fingerprint density at radius 3 is 2.67 bits per heavy atom. The van der Waals surface area contributed by atoms with E-state index in [-0.39, 0.29) is 6.03 Å². The molecule has 1 saturated heterocycles. The molecule has 4 amide bonds. The van der Waals surface area contributed by atoms with Crippen LogP contribution < -0.4 is 19.7 Å². The molecule has 3 rings (SSSR count). The number of primary amides is 1. The van der Waals surface area contributed by atoms with E-state index >= 15 is 0 Å². The van der Waals surface area contributed by atoms with Crippen molar-refractivity contribution in [3.63, 3.8) is 0 Å². The van der Waals surface area contributed by atoms with Gasteiger partial charge in [-0.15, -0.1) is 0 Å². The van der Waals surface area contributed by atoms with Gasteiger partial charge in [-0.25, -0.2) is 13.9 Å². The molecule has 160 valence electrons. The SMILES string of the molecule is CCCCC(Oc1cccc(N(S)C(N)=O)c1)N1CCN(c2ccc(Cl)cc2)C1=O. The van der Waals surface area contributed by atoms with Crippen LogP contribution in [0.3, 0.4) is 0 Å². The van der Waals surface area contributed by atoms with Gasteiger partial charge in [0.05, 0.1) is 5.69 Å². The molecule has 0 aliphatic carbocycles. The summed E-state index contributed by atoms with van der Waals surface area (Å²) in [4.78, 5) is 27.9. The van der Waals surface area contributed by atoms with Gasteiger partial charge >= 0.3 is 12.1 Å². The largest absolute Gasteiger partial charge is 0.470 e. The Balaban J connectivity index is 1.78. The predicted molar refractivity (Wildman–Crippen MR) is 122 cm³/mol. The van der Waals surface area contributed by atoms with Crippen LogP contribution in [0.25, 0.3) is 0 Å². The number of carbonyl (C=O) groups excluding carboxylic acids is 2. The Kier molecular flexibility index (Phi) is 7.33. The van der Waals surface area contributed by atoms with Crippen molar-refractivity contribution in [1.29, 1.82) is 0 Å². The quantitative estimate of drug-likeness (QED) is 0.563. The lowest BCUT2D eigenvalue weighted by atomic mass is 10.2. The Labute approximate surface area is 186 Å². The molecule has 0 spiro atoms. The maximum atomic E-state index is 13.1. The summed E-state index contributed by atoms with van der Waals surface area (Å²) in [5, 5.41) is 0.625. The van der Waals surface area contributed by atoms with E-state index in [0.717, 1.165) is 22.8 Å². The van der Waals surface area contributed by atoms with Gasteiger partial charge in [-0.3, -0.25) is 9.80 Å². The predicted octanol–water partition coefficient (Wildman–Crippen LogP) is 4.91. The van der Waals surface area contributed by atoms with Gasteiger partial charge in [0.15, 0.2) is 6.23 Å². The molecule has 2 aromatic rings. The van der Waals surface area contributed by atoms with Gasteiger partial charge in [-0.05, 0) is 42.8 Å². The molecular weight excluding hydrogens is 424 g/mol. The van der Waals surface area contributed by atoms with E-state index in [9.17, 15) is 9.59 Å². The Hall–Kier alpha value is -2.58. The molecule has 9 heteroatoms. The zero-order valence-corrected chi connectivity index (χ0v) is 18.4. The van der Waals surface area contributed by atoms with Crippen LogP contribution in [0.4, 0.5) is 21.0 Å². The first-order chi connectivity index (χ1) is 14.4. The molecule has 0 bridgehead atoms. The molecule has 1 fully saturated rings. The molecule has 1 aliphatic heterocycles. The van der Waals surface area contributed by atoms with Crippen LogP contribution in [0.1, 0.15) is 26.2 Å². The van der Waals surface area contributed by atoms with Crippen LogP contribution in [0.2, 0.25) is 5.02 Å². The minimum absolute atomic E-state index is 0.109. The summed E-state index contributed by atoms with van der Waals surface area (Å²) < 4.78 is 7.23. The number of carbonyl (C=O) groups is 2. The van der Waals surface area contributed by atoms with Gasteiger partial charge in [0.2, 0.25) is 0 Å². The van der Waals surface area contributed by atoms with Crippen molar-refractivity contribution >= 4 is 47.9 Å². The molecule has 2 N–H and O–H groups in total. The normalized spacial score (nSPS) is 14.7. The zero-order valence-electron chi connectivity index (χ0n) is 16.7. The number of thiol groups is 1. The summed E-state index contributed by atoms with van der Waals surface area (Å²) in [5.41, 5.74) is 6.58. The summed E-state index contributed by atoms with van der Waals surface area (Å²) >= 11 is 10.1. The highest BCUT2D eigenvalue weighted by Gasteiger charge is 2.35. The van der Waals surface area contributed by atoms with E-state index in [4.69, 9.17) is 22.1 Å². The third-order valence-corrected chi connectivity index (χ3v) is 5.55. The smallest absolute Gasteiger partial charge is 0.329 e. The first-order valence-corrected chi connectivity index (χ1v) is 10.6. The molecule has 0 saturated carbocycles. The van der Waals surface area contributed by atoms with E-state index in [2.05, 4.69) is 19.7 Å². The topological polar surface area (TPSA) is 79.1 Å². The summed E-state index contributed by atoms with van der Waals surface area (Å²) in [6.45, 7) is 3.21. The molecule has 1 unspecified atom stereocenters. The van der Waals surface area contributed by atoms with Crippen molar-refractivity contribution in [2.45, 2.75) is 32.4 Å². The molecule has 1 heterocycles. The summed E-state index contributed by atoms with van der Waals surface area (Å²) in [6, 6.07) is 13.3. The third kappa shape index (κ3) is 5.12. The second kappa shape index (κ2) is 9.95. The van der Waals surface area contributed by atoms with Crippen molar-refractivity contribution in [1.82, 2.24) is 4.90 Å². The number of hydrogen-bond donors (Lipinski definition) is 2. The zero-order chi connectivity index (χ0) is 21.7. The second-order valence-electron chi connectivity index (χ2n) is 6.97. The highest BCUT2D eigenvalue weighted by Crippen LogP contribution is 2.28. The minimum Gasteiger partial charge on any atom is -0.470 e. The van der Waals surface area contributed by atoms with Crippen molar-refractivity contribution in [2.24, 2.45) is 5.73 Å². The maximum absolute atomic E-state index is 13.1. The van der Waals surface area contributed by atoms with Crippen LogP contribution in [-0.2, 0) is 0 Å². The number of ether oxygens (including phenoxy) is 1. The van der Waals surface area contributed by atoms with Gasteiger partial charge in [0.1, 0.15) is 5.75 Å². The fourth-order valence-corrected chi connectivity index (χ4v) is 3.56. The summed E-state index contributed by atoms with van der Waals surface area (Å²) in [5.74, 6) is 0.534. The number of unbranched alkanes of at least 4 members (excludes halogenated alkanes) is 1. The average molecular weight is 449 g/mol. The van der Waals surface area contributed by atoms with Gasteiger partial charge in [-0.2, -0.15) is 0 Å². The molecule has 30 heavy (non-hydrogen) atoms. The Morgan fingerprint density at radius 1 is 1.27 bits per heavy atom. The van der Waals surface area contributed by atoms with E-state index in [0.29, 0.717) is 36.0 Å². The van der Waals surface area contributed by atoms with Crippen LogP contribution >= 0.6 is 24.4 Å². The van der Waals surface area contributed by atoms with Crippen molar-refractivity contribution in [2.75, 3.05) is 22.3 Å². The second-order valence-corrected chi connectivity index (χ2v) is 7.80. The van der Waals surface area contributed by atoms with Crippen LogP contribution in [0.5, 0.6) is 5.75 Å². The number of amides is 4. The number of hydrogen-bond acceptors (Lipinski definition) is 4. The standard InChI is InChI=1S/C21H25ClN4O3S/c1-2-3-7-19(29-18-6-4-5-17(14-18)26(30)20(23)27)25-13-12-24(21(25)28)16-10-8-15(22)9-11-16/h4-6,8-11,14,19,30H,2-3,7,12-13H2,1H3,(H2,23,27). The van der Waals surface area contributed by atoms with Crippen molar-refractivity contribution in [3.05, 3.63) is 53.6 Å². The van der Waals surface area contributed by atoms with Crippen LogP contribution in [0.15, 0.2) is 48.5 Å². The van der Waals surface area contributed by atoms with Crippen LogP contribution in [-0.4, -0.2) is 36.3 Å².